The van der Waals surface area contributed by atoms with Crippen LogP contribution in [0.3, 0.4) is 0 Å². The number of ketones is 2. The van der Waals surface area contributed by atoms with Crippen LogP contribution in [0.4, 0.5) is 45.8 Å². The van der Waals surface area contributed by atoms with E-state index in [1.54, 1.807) is 50.5 Å². The van der Waals surface area contributed by atoms with Crippen LogP contribution < -0.4 is 26.2 Å². The third kappa shape index (κ3) is 10.9. The molecule has 5 heterocycles. The zero-order chi connectivity index (χ0) is 60.5. The number of esters is 2. The number of hydrogen-bond acceptors (Lipinski definition) is 22. The second kappa shape index (κ2) is 24.1. The number of non-ortho nitro benzene ring substituents is 1. The second-order valence-electron chi connectivity index (χ2n) is 20.1. The normalized spacial score (nSPS) is 13.2. The number of nitro benzene ring substituents is 2. The molecule has 0 unspecified atom stereocenters. The fraction of sp³-hybridized carbons (Fsp3) is 0.259. The Morgan fingerprint density at radius 2 is 1.20 bits per heavy atom. The number of benzene rings is 5. The number of halogens is 1. The maximum atomic E-state index is 14.0. The molecular formula is C58H52BrN13O14. The highest BCUT2D eigenvalue weighted by Gasteiger charge is 2.37. The predicted octanol–water partition coefficient (Wildman–Crippen LogP) is 9.43. The lowest BCUT2D eigenvalue weighted by atomic mass is 9.86. The summed E-state index contributed by atoms with van der Waals surface area (Å²) in [5.74, 6) is 0.148. The molecule has 5 aromatic carbocycles. The van der Waals surface area contributed by atoms with Crippen molar-refractivity contribution in [1.82, 2.24) is 35.2 Å². The summed E-state index contributed by atoms with van der Waals surface area (Å²) in [5, 5.41) is 53.1. The van der Waals surface area contributed by atoms with Crippen LogP contribution in [0.1, 0.15) is 78.5 Å². The highest BCUT2D eigenvalue weighted by molar-refractivity contribution is 9.10. The first kappa shape index (κ1) is 57.5. The van der Waals surface area contributed by atoms with Crippen molar-refractivity contribution in [2.75, 3.05) is 74.5 Å². The molecule has 0 saturated carbocycles. The zero-order valence-electron chi connectivity index (χ0n) is 46.4. The molecule has 12 rings (SSSR count). The average molecular weight is 1240 g/mol. The zero-order valence-corrected chi connectivity index (χ0v) is 48.0. The van der Waals surface area contributed by atoms with Crippen molar-refractivity contribution in [3.8, 4) is 22.6 Å². The summed E-state index contributed by atoms with van der Waals surface area (Å²) >= 11 is 3.50. The number of aromatic nitrogens is 6. The van der Waals surface area contributed by atoms with Crippen LogP contribution in [0.25, 0.3) is 44.5 Å². The van der Waals surface area contributed by atoms with Gasteiger partial charge in [-0.15, -0.1) is 0 Å². The number of hydrogen-bond donors (Lipinski definition) is 4. The Morgan fingerprint density at radius 1 is 0.674 bits per heavy atom. The van der Waals surface area contributed by atoms with Gasteiger partial charge in [-0.05, 0) is 59.8 Å². The molecule has 440 valence electrons. The van der Waals surface area contributed by atoms with E-state index in [0.717, 1.165) is 11.8 Å². The van der Waals surface area contributed by atoms with Gasteiger partial charge in [0.1, 0.15) is 28.1 Å². The average Bonchev–Trinajstić information content (AvgIpc) is 1.94. The number of methoxy groups -OCH3 is 2. The van der Waals surface area contributed by atoms with E-state index >= 15 is 0 Å². The molecule has 1 amide bonds. The smallest absolute Gasteiger partial charge is 0.356 e. The summed E-state index contributed by atoms with van der Waals surface area (Å²) in [7, 11) is 5.86. The second-order valence-corrected chi connectivity index (χ2v) is 21.0. The van der Waals surface area contributed by atoms with E-state index in [1.807, 2.05) is 36.4 Å². The minimum atomic E-state index is -0.682. The molecule has 9 aromatic rings. The Balaban J connectivity index is 0.000000220. The minimum Gasteiger partial charge on any atom is -0.464 e. The van der Waals surface area contributed by atoms with E-state index < -0.39 is 21.8 Å². The highest BCUT2D eigenvalue weighted by atomic mass is 79.9. The van der Waals surface area contributed by atoms with Crippen LogP contribution in [0.5, 0.6) is 0 Å². The number of amides is 1. The van der Waals surface area contributed by atoms with Gasteiger partial charge >= 0.3 is 11.9 Å². The molecule has 4 aromatic heterocycles. The van der Waals surface area contributed by atoms with Gasteiger partial charge in [-0.3, -0.25) is 44.0 Å². The molecule has 28 heteroatoms. The van der Waals surface area contributed by atoms with E-state index in [9.17, 15) is 44.2 Å². The number of nitrogens with one attached hydrogen (secondary N) is 4. The number of piperidine rings is 1. The minimum absolute atomic E-state index is 0.0386. The van der Waals surface area contributed by atoms with Crippen LogP contribution in [-0.4, -0.2) is 123 Å². The molecule has 86 heavy (non-hydrogen) atoms. The fourth-order valence-electron chi connectivity index (χ4n) is 10.8. The van der Waals surface area contributed by atoms with Gasteiger partial charge in [0.2, 0.25) is 5.91 Å². The lowest BCUT2D eigenvalue weighted by Gasteiger charge is -2.33. The molecule has 1 aliphatic heterocycles. The molecule has 3 aliphatic rings. The van der Waals surface area contributed by atoms with Crippen molar-refractivity contribution in [2.45, 2.75) is 25.7 Å². The number of nitrogens with zero attached hydrogens (tertiary/aromatic N) is 9. The first-order chi connectivity index (χ1) is 41.5. The molecule has 0 radical (unpaired) electrons. The van der Waals surface area contributed by atoms with E-state index in [1.165, 1.54) is 35.7 Å². The molecule has 0 bridgehead atoms. The summed E-state index contributed by atoms with van der Waals surface area (Å²) in [6.07, 6.45) is 2.32. The Morgan fingerprint density at radius 3 is 1.74 bits per heavy atom. The van der Waals surface area contributed by atoms with Crippen LogP contribution in [0.2, 0.25) is 0 Å². The number of nitro groups is 2. The Hall–Kier alpha value is -10.4. The predicted molar refractivity (Wildman–Crippen MR) is 315 cm³/mol. The first-order valence-electron chi connectivity index (χ1n) is 27.0. The van der Waals surface area contributed by atoms with Crippen molar-refractivity contribution in [3.05, 3.63) is 149 Å². The third-order valence-electron chi connectivity index (χ3n) is 14.9. The van der Waals surface area contributed by atoms with Crippen LogP contribution in [0, 0.1) is 26.1 Å². The van der Waals surface area contributed by atoms with Gasteiger partial charge < -0.3 is 49.4 Å². The van der Waals surface area contributed by atoms with Crippen LogP contribution in [0.15, 0.2) is 105 Å². The number of aryl methyl sites for hydroxylation is 2. The third-order valence-corrected chi connectivity index (χ3v) is 15.6. The van der Waals surface area contributed by atoms with E-state index in [0.29, 0.717) is 159 Å². The number of carbonyl (C=O) groups is 5. The number of ether oxygens (including phenoxy) is 3. The van der Waals surface area contributed by atoms with E-state index in [-0.39, 0.29) is 51.8 Å². The Kier molecular flexibility index (Phi) is 16.1. The molecule has 1 fully saturated rings. The van der Waals surface area contributed by atoms with Gasteiger partial charge in [0.15, 0.2) is 34.7 Å². The van der Waals surface area contributed by atoms with Crippen molar-refractivity contribution in [2.24, 2.45) is 20.0 Å². The largest absolute Gasteiger partial charge is 0.464 e. The van der Waals surface area contributed by atoms with E-state index in [2.05, 4.69) is 62.6 Å². The highest BCUT2D eigenvalue weighted by Crippen LogP contribution is 2.48. The summed E-state index contributed by atoms with van der Waals surface area (Å²) < 4.78 is 30.3. The molecule has 4 N–H and O–H groups in total. The number of fused-ring (bicyclic) bond motifs is 4. The van der Waals surface area contributed by atoms with Crippen molar-refractivity contribution >= 4 is 113 Å². The number of rotatable bonds is 19. The van der Waals surface area contributed by atoms with Crippen molar-refractivity contribution < 1.29 is 57.1 Å². The van der Waals surface area contributed by atoms with Gasteiger partial charge in [-0.2, -0.15) is 10.2 Å². The molecule has 2 aliphatic carbocycles. The van der Waals surface area contributed by atoms with Crippen molar-refractivity contribution in [1.29, 1.82) is 0 Å². The molecular weight excluding hydrogens is 1180 g/mol. The van der Waals surface area contributed by atoms with Gasteiger partial charge in [0, 0.05) is 104 Å². The fourth-order valence-corrected chi connectivity index (χ4v) is 11.3. The topological polar surface area (TPSA) is 338 Å². The Labute approximate surface area is 495 Å². The summed E-state index contributed by atoms with van der Waals surface area (Å²) in [5.41, 5.74) is 6.05. The van der Waals surface area contributed by atoms with Gasteiger partial charge in [-0.1, -0.05) is 58.8 Å². The molecule has 0 atom stereocenters. The van der Waals surface area contributed by atoms with Crippen LogP contribution in [-0.2, 0) is 33.1 Å². The summed E-state index contributed by atoms with van der Waals surface area (Å²) in [4.78, 5) is 87.6. The first-order valence-corrected chi connectivity index (χ1v) is 27.8. The van der Waals surface area contributed by atoms with Gasteiger partial charge in [-0.25, -0.2) is 9.59 Å². The van der Waals surface area contributed by atoms with Crippen LogP contribution >= 0.6 is 15.9 Å². The molecule has 1 saturated heterocycles. The lowest BCUT2D eigenvalue weighted by molar-refractivity contribution is -0.393. The SMILES string of the molecule is COC(=O)c1cc(Nc2cc(Br)c3noc4c3c2C(=O)c2ccccc2-4)nn1C.COC(=O)c1cc(Nc2cc(N3CCC(C(=O)NCCCOCCCNc4ccc([N+](=O)[O-])cc4[N+](=O)[O-])CC3)c3noc4c3c2C(=O)c2ccccc2-4)nn1C. The molecule has 27 nitrogen and oxygen atoms in total. The number of carbonyl (C=O) groups excluding carboxylic acids is 5. The molecule has 0 spiro atoms. The monoisotopic (exact) mass is 1230 g/mol. The van der Waals surface area contributed by atoms with Gasteiger partial charge in [0.05, 0.1) is 69.1 Å². The number of anilines is 6. The standard InChI is InChI=1S/C38H39N9O10.C20H13BrN4O4/c1-44-30(38(50)55-2)21-31(42-44)41-27-20-29(34-33-32(27)35(48)24-7-3-4-8-25(24)36(33)57-43-34)45-15-11-22(12-16-45)37(49)40-14-6-18-56-17-5-13-39-26-10-9-23(46(51)52)19-28(26)47(53)54;1-25-13(20(27)28-2)8-14(23-25)22-12-7-11(21)17-16-15(12)18(26)9-5-3-4-6-10(9)19(16)29-24-17/h3-4,7-10,19-22,39H,5-6,11-18H2,1-2H3,(H,40,49)(H,41,42);3-8H,1-2H3,(H,22,23). The Bertz CT molecular complexity index is 4240. The van der Waals surface area contributed by atoms with E-state index in [4.69, 9.17) is 23.3 Å². The maximum Gasteiger partial charge on any atom is 0.356 e. The quantitative estimate of drug-likeness (QED) is 0.0253. The summed E-state index contributed by atoms with van der Waals surface area (Å²) in [6, 6.07) is 24.6. The van der Waals surface area contributed by atoms with Gasteiger partial charge in [0.25, 0.3) is 11.4 Å². The maximum absolute atomic E-state index is 14.0. The van der Waals surface area contributed by atoms with Crippen molar-refractivity contribution in [3.63, 3.8) is 0 Å². The lowest BCUT2D eigenvalue weighted by Crippen LogP contribution is -2.41. The summed E-state index contributed by atoms with van der Waals surface area (Å²) in [6.45, 7) is 2.70.